The second kappa shape index (κ2) is 7.57. The highest BCUT2D eigenvalue weighted by Gasteiger charge is 2.16. The first kappa shape index (κ1) is 17.2. The van der Waals surface area contributed by atoms with Crippen LogP contribution in [-0.2, 0) is 0 Å². The Morgan fingerprint density at radius 1 is 1.11 bits per heavy atom. The fraction of sp³-hybridized carbons (Fsp3) is 0.300. The highest BCUT2D eigenvalue weighted by molar-refractivity contribution is 5.97. The fourth-order valence-corrected chi connectivity index (χ4v) is 3.54. The highest BCUT2D eigenvalue weighted by atomic mass is 16.6. The average Bonchev–Trinajstić information content (AvgIpc) is 3.12. The third-order valence-corrected chi connectivity index (χ3v) is 4.99. The number of rotatable bonds is 5. The summed E-state index contributed by atoms with van der Waals surface area (Å²) in [6.45, 7) is 0. The summed E-state index contributed by atoms with van der Waals surface area (Å²) in [5.74, 6) is 0.858. The molecule has 27 heavy (non-hydrogen) atoms. The standard InChI is InChI=1S/C20H21N5O2/c26-25(27)16-9-6-14(7-10-16)8-11-17-19-18(24-23-17)12-13-21-20(19)22-15-4-2-1-3-5-15/h6-13,15H,1-5H2,(H,21,22)(H,23,24)/b11-8+. The van der Waals surface area contributed by atoms with Crippen molar-refractivity contribution in [3.63, 3.8) is 0 Å². The van der Waals surface area contributed by atoms with E-state index in [0.29, 0.717) is 6.04 Å². The summed E-state index contributed by atoms with van der Waals surface area (Å²) >= 11 is 0. The van der Waals surface area contributed by atoms with Crippen molar-refractivity contribution in [2.75, 3.05) is 5.32 Å². The lowest BCUT2D eigenvalue weighted by molar-refractivity contribution is -0.384. The molecule has 0 aliphatic heterocycles. The maximum absolute atomic E-state index is 10.8. The van der Waals surface area contributed by atoms with E-state index in [9.17, 15) is 10.1 Å². The fourth-order valence-electron chi connectivity index (χ4n) is 3.54. The first-order chi connectivity index (χ1) is 13.2. The molecule has 0 spiro atoms. The van der Waals surface area contributed by atoms with Gasteiger partial charge in [0.15, 0.2) is 0 Å². The smallest absolute Gasteiger partial charge is 0.269 e. The minimum Gasteiger partial charge on any atom is -0.367 e. The maximum atomic E-state index is 10.8. The van der Waals surface area contributed by atoms with Crippen LogP contribution in [-0.4, -0.2) is 26.1 Å². The van der Waals surface area contributed by atoms with E-state index in [1.807, 2.05) is 18.2 Å². The summed E-state index contributed by atoms with van der Waals surface area (Å²) < 4.78 is 0. The van der Waals surface area contributed by atoms with Gasteiger partial charge in [0.2, 0.25) is 0 Å². The van der Waals surface area contributed by atoms with Gasteiger partial charge in [0.1, 0.15) is 5.82 Å². The van der Waals surface area contributed by atoms with E-state index in [1.54, 1.807) is 18.3 Å². The van der Waals surface area contributed by atoms with E-state index in [2.05, 4.69) is 20.5 Å². The Kier molecular flexibility index (Phi) is 4.82. The molecule has 1 saturated carbocycles. The molecular formula is C20H21N5O2. The topological polar surface area (TPSA) is 96.7 Å². The predicted octanol–water partition coefficient (Wildman–Crippen LogP) is 4.78. The summed E-state index contributed by atoms with van der Waals surface area (Å²) in [4.78, 5) is 14.9. The van der Waals surface area contributed by atoms with E-state index in [1.165, 1.54) is 44.2 Å². The molecule has 1 aliphatic rings. The van der Waals surface area contributed by atoms with Gasteiger partial charge in [-0.25, -0.2) is 4.98 Å². The lowest BCUT2D eigenvalue weighted by atomic mass is 9.95. The predicted molar refractivity (Wildman–Crippen MR) is 106 cm³/mol. The van der Waals surface area contributed by atoms with Crippen LogP contribution in [0.4, 0.5) is 11.5 Å². The lowest BCUT2D eigenvalue weighted by Crippen LogP contribution is -2.22. The number of aromatic amines is 1. The van der Waals surface area contributed by atoms with Crippen molar-refractivity contribution < 1.29 is 4.92 Å². The van der Waals surface area contributed by atoms with E-state index >= 15 is 0 Å². The van der Waals surface area contributed by atoms with Crippen molar-refractivity contribution in [2.45, 2.75) is 38.1 Å². The molecule has 2 N–H and O–H groups in total. The van der Waals surface area contributed by atoms with Crippen LogP contribution < -0.4 is 5.32 Å². The van der Waals surface area contributed by atoms with E-state index in [-0.39, 0.29) is 5.69 Å². The summed E-state index contributed by atoms with van der Waals surface area (Å²) in [5, 5.41) is 22.8. The number of aromatic nitrogens is 3. The number of H-pyrrole nitrogens is 1. The van der Waals surface area contributed by atoms with Crippen LogP contribution in [0.5, 0.6) is 0 Å². The second-order valence-electron chi connectivity index (χ2n) is 6.85. The molecule has 3 aromatic rings. The number of fused-ring (bicyclic) bond motifs is 1. The van der Waals surface area contributed by atoms with Crippen molar-refractivity contribution >= 4 is 34.6 Å². The van der Waals surface area contributed by atoms with Crippen LogP contribution >= 0.6 is 0 Å². The summed E-state index contributed by atoms with van der Waals surface area (Å²) in [6, 6.07) is 8.81. The Balaban J connectivity index is 1.60. The maximum Gasteiger partial charge on any atom is 0.269 e. The molecule has 2 heterocycles. The molecule has 7 nitrogen and oxygen atoms in total. The summed E-state index contributed by atoms with van der Waals surface area (Å²) in [6.07, 6.45) is 11.8. The molecule has 2 aromatic heterocycles. The third kappa shape index (κ3) is 3.81. The van der Waals surface area contributed by atoms with Crippen molar-refractivity contribution in [1.82, 2.24) is 15.2 Å². The van der Waals surface area contributed by atoms with Crippen LogP contribution in [0.1, 0.15) is 43.4 Å². The Hall–Kier alpha value is -3.22. The van der Waals surface area contributed by atoms with Gasteiger partial charge < -0.3 is 5.32 Å². The Bertz CT molecular complexity index is 972. The molecule has 1 fully saturated rings. The molecule has 0 bridgehead atoms. The minimum atomic E-state index is -0.398. The van der Waals surface area contributed by atoms with Crippen LogP contribution in [0.2, 0.25) is 0 Å². The van der Waals surface area contributed by atoms with Gasteiger partial charge in [-0.3, -0.25) is 15.2 Å². The Morgan fingerprint density at radius 2 is 1.89 bits per heavy atom. The monoisotopic (exact) mass is 363 g/mol. The molecule has 0 unspecified atom stereocenters. The van der Waals surface area contributed by atoms with Crippen molar-refractivity contribution in [3.05, 3.63) is 57.9 Å². The number of nitrogens with zero attached hydrogens (tertiary/aromatic N) is 3. The van der Waals surface area contributed by atoms with Gasteiger partial charge in [-0.1, -0.05) is 25.3 Å². The Morgan fingerprint density at radius 3 is 2.63 bits per heavy atom. The van der Waals surface area contributed by atoms with Gasteiger partial charge in [0, 0.05) is 24.4 Å². The molecular weight excluding hydrogens is 342 g/mol. The van der Waals surface area contributed by atoms with E-state index in [0.717, 1.165) is 28.0 Å². The Labute approximate surface area is 156 Å². The largest absolute Gasteiger partial charge is 0.367 e. The summed E-state index contributed by atoms with van der Waals surface area (Å²) in [7, 11) is 0. The number of hydrogen-bond donors (Lipinski definition) is 2. The number of pyridine rings is 1. The number of nitro groups is 1. The zero-order valence-corrected chi connectivity index (χ0v) is 14.9. The molecule has 1 aliphatic carbocycles. The van der Waals surface area contributed by atoms with Crippen molar-refractivity contribution in [3.8, 4) is 0 Å². The van der Waals surface area contributed by atoms with Crippen LogP contribution in [0, 0.1) is 10.1 Å². The number of nitro benzene ring substituents is 1. The van der Waals surface area contributed by atoms with Crippen LogP contribution in [0.25, 0.3) is 23.1 Å². The van der Waals surface area contributed by atoms with Crippen molar-refractivity contribution in [1.29, 1.82) is 0 Å². The lowest BCUT2D eigenvalue weighted by Gasteiger charge is -2.23. The third-order valence-electron chi connectivity index (χ3n) is 4.99. The molecule has 1 aromatic carbocycles. The van der Waals surface area contributed by atoms with Crippen LogP contribution in [0.15, 0.2) is 36.5 Å². The van der Waals surface area contributed by atoms with Gasteiger partial charge in [-0.15, -0.1) is 0 Å². The van der Waals surface area contributed by atoms with E-state index < -0.39 is 4.92 Å². The number of nitrogens with one attached hydrogen (secondary N) is 2. The normalized spacial score (nSPS) is 15.4. The average molecular weight is 363 g/mol. The van der Waals surface area contributed by atoms with Gasteiger partial charge in [-0.2, -0.15) is 5.10 Å². The molecule has 0 amide bonds. The zero-order chi connectivity index (χ0) is 18.6. The van der Waals surface area contributed by atoms with Gasteiger partial charge in [0.05, 0.1) is 21.5 Å². The molecule has 0 atom stereocenters. The number of non-ortho nitro benzene ring substituents is 1. The number of hydrogen-bond acceptors (Lipinski definition) is 5. The number of benzene rings is 1. The van der Waals surface area contributed by atoms with Gasteiger partial charge in [-0.05, 0) is 42.7 Å². The van der Waals surface area contributed by atoms with Crippen molar-refractivity contribution in [2.24, 2.45) is 0 Å². The van der Waals surface area contributed by atoms with Gasteiger partial charge >= 0.3 is 0 Å². The van der Waals surface area contributed by atoms with Gasteiger partial charge in [0.25, 0.3) is 5.69 Å². The summed E-state index contributed by atoms with van der Waals surface area (Å²) in [5.41, 5.74) is 2.71. The van der Waals surface area contributed by atoms with E-state index in [4.69, 9.17) is 0 Å². The highest BCUT2D eigenvalue weighted by Crippen LogP contribution is 2.28. The molecule has 4 rings (SSSR count). The molecule has 138 valence electrons. The molecule has 0 radical (unpaired) electrons. The number of anilines is 1. The quantitative estimate of drug-likeness (QED) is 0.502. The molecule has 0 saturated heterocycles. The second-order valence-corrected chi connectivity index (χ2v) is 6.85. The SMILES string of the molecule is O=[N+]([O-])c1ccc(/C=C/c2[nH]nc3ccnc(NC4CCCCC4)c23)cc1. The molecule has 7 heteroatoms. The zero-order valence-electron chi connectivity index (χ0n) is 14.9. The van der Waals surface area contributed by atoms with Crippen LogP contribution in [0.3, 0.4) is 0 Å². The minimum absolute atomic E-state index is 0.0855. The first-order valence-corrected chi connectivity index (χ1v) is 9.23. The first-order valence-electron chi connectivity index (χ1n) is 9.23.